The molecule has 21 heavy (non-hydrogen) atoms. The Hall–Kier alpha value is -1.68. The SMILES string of the molecule is CCCC(NCCC1=CCCC1)c1cccc([N+](=O)[O-])c1. The third-order valence-electron chi connectivity index (χ3n) is 4.03. The summed E-state index contributed by atoms with van der Waals surface area (Å²) in [6.45, 7) is 3.09. The molecule has 0 spiro atoms. The van der Waals surface area contributed by atoms with Gasteiger partial charge in [0.25, 0.3) is 5.69 Å². The first kappa shape index (κ1) is 15.7. The number of nitrogens with one attached hydrogen (secondary N) is 1. The number of hydrogen-bond acceptors (Lipinski definition) is 3. The van der Waals surface area contributed by atoms with Crippen molar-refractivity contribution in [2.24, 2.45) is 0 Å². The number of rotatable bonds is 8. The van der Waals surface area contributed by atoms with Gasteiger partial charge in [0.1, 0.15) is 0 Å². The maximum atomic E-state index is 10.9. The molecule has 1 atom stereocenters. The Morgan fingerprint density at radius 3 is 2.95 bits per heavy atom. The van der Waals surface area contributed by atoms with E-state index in [1.807, 2.05) is 6.07 Å². The number of benzene rings is 1. The van der Waals surface area contributed by atoms with Gasteiger partial charge in [-0.2, -0.15) is 0 Å². The van der Waals surface area contributed by atoms with Crippen molar-refractivity contribution in [3.05, 3.63) is 51.6 Å². The predicted molar refractivity (Wildman–Crippen MR) is 85.3 cm³/mol. The van der Waals surface area contributed by atoms with Crippen LogP contribution in [-0.2, 0) is 0 Å². The van der Waals surface area contributed by atoms with Crippen molar-refractivity contribution in [2.45, 2.75) is 51.5 Å². The number of nitro groups is 1. The van der Waals surface area contributed by atoms with Gasteiger partial charge in [0.05, 0.1) is 4.92 Å². The van der Waals surface area contributed by atoms with E-state index < -0.39 is 0 Å². The van der Waals surface area contributed by atoms with Gasteiger partial charge in [-0.3, -0.25) is 10.1 Å². The molecule has 1 aromatic carbocycles. The summed E-state index contributed by atoms with van der Waals surface area (Å²) in [4.78, 5) is 10.6. The number of non-ortho nitro benzene ring substituents is 1. The highest BCUT2D eigenvalue weighted by molar-refractivity contribution is 5.35. The lowest BCUT2D eigenvalue weighted by atomic mass is 10.0. The van der Waals surface area contributed by atoms with E-state index in [0.717, 1.165) is 31.4 Å². The highest BCUT2D eigenvalue weighted by Crippen LogP contribution is 2.24. The summed E-state index contributed by atoms with van der Waals surface area (Å²) in [6.07, 6.45) is 9.25. The maximum absolute atomic E-state index is 10.9. The summed E-state index contributed by atoms with van der Waals surface area (Å²) in [5.74, 6) is 0. The van der Waals surface area contributed by atoms with Gasteiger partial charge in [0.2, 0.25) is 0 Å². The van der Waals surface area contributed by atoms with E-state index in [9.17, 15) is 10.1 Å². The Labute approximate surface area is 126 Å². The first-order valence-corrected chi connectivity index (χ1v) is 7.86. The van der Waals surface area contributed by atoms with E-state index in [1.165, 1.54) is 19.3 Å². The van der Waals surface area contributed by atoms with Crippen molar-refractivity contribution in [3.8, 4) is 0 Å². The zero-order chi connectivity index (χ0) is 15.1. The number of hydrogen-bond donors (Lipinski definition) is 1. The molecule has 4 heteroatoms. The highest BCUT2D eigenvalue weighted by atomic mass is 16.6. The zero-order valence-electron chi connectivity index (χ0n) is 12.7. The van der Waals surface area contributed by atoms with Crippen molar-refractivity contribution < 1.29 is 4.92 Å². The molecule has 0 fully saturated rings. The van der Waals surface area contributed by atoms with Crippen molar-refractivity contribution in [1.82, 2.24) is 5.32 Å². The number of nitro benzene ring substituents is 1. The van der Waals surface area contributed by atoms with Crippen LogP contribution >= 0.6 is 0 Å². The molecular weight excluding hydrogens is 264 g/mol. The second-order valence-electron chi connectivity index (χ2n) is 5.65. The molecule has 0 bridgehead atoms. The fourth-order valence-electron chi connectivity index (χ4n) is 2.90. The first-order valence-electron chi connectivity index (χ1n) is 7.86. The molecule has 114 valence electrons. The van der Waals surface area contributed by atoms with Crippen LogP contribution < -0.4 is 5.32 Å². The Kier molecular flexibility index (Phi) is 5.93. The molecule has 0 aromatic heterocycles. The van der Waals surface area contributed by atoms with Gasteiger partial charge in [0.15, 0.2) is 0 Å². The molecule has 1 unspecified atom stereocenters. The second kappa shape index (κ2) is 7.93. The molecule has 0 amide bonds. The Bertz CT molecular complexity index is 511. The normalized spacial score (nSPS) is 15.8. The quantitative estimate of drug-likeness (QED) is 0.434. The molecule has 1 N–H and O–H groups in total. The molecule has 2 rings (SSSR count). The predicted octanol–water partition coefficient (Wildman–Crippen LogP) is 4.53. The average Bonchev–Trinajstić information content (AvgIpc) is 3.00. The van der Waals surface area contributed by atoms with Crippen LogP contribution in [0.2, 0.25) is 0 Å². The Balaban J connectivity index is 1.96. The molecule has 1 aliphatic rings. The summed E-state index contributed by atoms with van der Waals surface area (Å²) < 4.78 is 0. The van der Waals surface area contributed by atoms with Gasteiger partial charge in [0, 0.05) is 18.2 Å². The monoisotopic (exact) mass is 288 g/mol. The molecule has 0 saturated carbocycles. The summed E-state index contributed by atoms with van der Waals surface area (Å²) in [7, 11) is 0. The summed E-state index contributed by atoms with van der Waals surface area (Å²) in [6, 6.07) is 7.21. The van der Waals surface area contributed by atoms with Gasteiger partial charge in [-0.25, -0.2) is 0 Å². The smallest absolute Gasteiger partial charge is 0.269 e. The second-order valence-corrected chi connectivity index (χ2v) is 5.65. The summed E-state index contributed by atoms with van der Waals surface area (Å²) >= 11 is 0. The summed E-state index contributed by atoms with van der Waals surface area (Å²) in [5, 5.41) is 14.5. The molecule has 1 aliphatic carbocycles. The van der Waals surface area contributed by atoms with E-state index in [-0.39, 0.29) is 16.7 Å². The molecule has 0 saturated heterocycles. The lowest BCUT2D eigenvalue weighted by Crippen LogP contribution is -2.22. The van der Waals surface area contributed by atoms with Gasteiger partial charge in [-0.15, -0.1) is 0 Å². The third kappa shape index (κ3) is 4.67. The molecular formula is C17H24N2O2. The minimum atomic E-state index is -0.324. The molecule has 0 heterocycles. The minimum Gasteiger partial charge on any atom is -0.310 e. The molecule has 0 aliphatic heterocycles. The largest absolute Gasteiger partial charge is 0.310 e. The highest BCUT2D eigenvalue weighted by Gasteiger charge is 2.14. The minimum absolute atomic E-state index is 0.175. The lowest BCUT2D eigenvalue weighted by molar-refractivity contribution is -0.384. The van der Waals surface area contributed by atoms with E-state index in [4.69, 9.17) is 0 Å². The Morgan fingerprint density at radius 1 is 1.43 bits per heavy atom. The van der Waals surface area contributed by atoms with Crippen LogP contribution in [0.25, 0.3) is 0 Å². The third-order valence-corrected chi connectivity index (χ3v) is 4.03. The van der Waals surface area contributed by atoms with Gasteiger partial charge >= 0.3 is 0 Å². The molecule has 4 nitrogen and oxygen atoms in total. The van der Waals surface area contributed by atoms with Crippen LogP contribution in [0.1, 0.15) is 57.1 Å². The van der Waals surface area contributed by atoms with Crippen molar-refractivity contribution >= 4 is 5.69 Å². The van der Waals surface area contributed by atoms with E-state index in [2.05, 4.69) is 18.3 Å². The van der Waals surface area contributed by atoms with E-state index in [1.54, 1.807) is 23.8 Å². The Morgan fingerprint density at radius 2 is 2.29 bits per heavy atom. The van der Waals surface area contributed by atoms with E-state index in [0.29, 0.717) is 0 Å². The van der Waals surface area contributed by atoms with Crippen LogP contribution in [0, 0.1) is 10.1 Å². The summed E-state index contributed by atoms with van der Waals surface area (Å²) in [5.41, 5.74) is 2.75. The fraction of sp³-hybridized carbons (Fsp3) is 0.529. The van der Waals surface area contributed by atoms with Crippen molar-refractivity contribution in [3.63, 3.8) is 0 Å². The first-order chi connectivity index (χ1) is 10.2. The van der Waals surface area contributed by atoms with Crippen LogP contribution in [0.4, 0.5) is 5.69 Å². The number of allylic oxidation sites excluding steroid dienone is 1. The van der Waals surface area contributed by atoms with Gasteiger partial charge in [-0.05, 0) is 44.2 Å². The zero-order valence-corrected chi connectivity index (χ0v) is 12.7. The lowest BCUT2D eigenvalue weighted by Gasteiger charge is -2.18. The van der Waals surface area contributed by atoms with Crippen LogP contribution in [0.3, 0.4) is 0 Å². The van der Waals surface area contributed by atoms with Crippen LogP contribution in [-0.4, -0.2) is 11.5 Å². The van der Waals surface area contributed by atoms with Crippen molar-refractivity contribution in [1.29, 1.82) is 0 Å². The standard InChI is InChI=1S/C17H24N2O2/c1-2-6-17(18-12-11-14-7-3-4-8-14)15-9-5-10-16(13-15)19(20)21/h5,7,9-10,13,17-18H,2-4,6,8,11-12H2,1H3. The maximum Gasteiger partial charge on any atom is 0.269 e. The number of nitrogens with zero attached hydrogens (tertiary/aromatic N) is 1. The molecule has 1 aromatic rings. The van der Waals surface area contributed by atoms with Gasteiger partial charge in [-0.1, -0.05) is 37.1 Å². The van der Waals surface area contributed by atoms with Crippen LogP contribution in [0.5, 0.6) is 0 Å². The van der Waals surface area contributed by atoms with E-state index >= 15 is 0 Å². The van der Waals surface area contributed by atoms with Crippen molar-refractivity contribution in [2.75, 3.05) is 6.54 Å². The molecule has 0 radical (unpaired) electrons. The topological polar surface area (TPSA) is 55.2 Å². The average molecular weight is 288 g/mol. The van der Waals surface area contributed by atoms with Gasteiger partial charge < -0.3 is 5.32 Å². The van der Waals surface area contributed by atoms with Crippen LogP contribution in [0.15, 0.2) is 35.9 Å². The fourth-order valence-corrected chi connectivity index (χ4v) is 2.90.